The first-order valence-corrected chi connectivity index (χ1v) is 7.15. The zero-order valence-corrected chi connectivity index (χ0v) is 11.7. The van der Waals surface area contributed by atoms with Crippen molar-refractivity contribution in [2.24, 2.45) is 5.92 Å². The van der Waals surface area contributed by atoms with Crippen LogP contribution in [0.25, 0.3) is 0 Å². The second-order valence-electron chi connectivity index (χ2n) is 4.83. The smallest absolute Gasteiger partial charge is 0.0424 e. The van der Waals surface area contributed by atoms with Crippen LogP contribution >= 0.6 is 23.2 Å². The van der Waals surface area contributed by atoms with Crippen LogP contribution in [0, 0.1) is 5.92 Å². The van der Waals surface area contributed by atoms with Gasteiger partial charge in [0.2, 0.25) is 0 Å². The first-order valence-electron chi connectivity index (χ1n) is 6.40. The summed E-state index contributed by atoms with van der Waals surface area (Å²) >= 11 is 12.2. The maximum atomic E-state index is 6.08. The van der Waals surface area contributed by atoms with Crippen molar-refractivity contribution >= 4 is 23.2 Å². The van der Waals surface area contributed by atoms with E-state index in [4.69, 9.17) is 23.2 Å². The van der Waals surface area contributed by atoms with Crippen LogP contribution in [0.2, 0.25) is 10.0 Å². The lowest BCUT2D eigenvalue weighted by Crippen LogP contribution is -2.32. The molecule has 0 saturated heterocycles. The lowest BCUT2D eigenvalue weighted by Gasteiger charge is -2.35. The summed E-state index contributed by atoms with van der Waals surface area (Å²) in [6.07, 6.45) is 5.12. The van der Waals surface area contributed by atoms with E-state index in [0.29, 0.717) is 6.04 Å². The minimum absolute atomic E-state index is 0.417. The highest BCUT2D eigenvalue weighted by Crippen LogP contribution is 2.39. The van der Waals surface area contributed by atoms with E-state index in [1.54, 1.807) is 6.07 Å². The summed E-state index contributed by atoms with van der Waals surface area (Å²) in [4.78, 5) is 0. The number of hydrogen-bond acceptors (Lipinski definition) is 1. The fourth-order valence-corrected chi connectivity index (χ4v) is 2.93. The fraction of sp³-hybridized carbons (Fsp3) is 0.571. The molecule has 0 spiro atoms. The summed E-state index contributed by atoms with van der Waals surface area (Å²) in [5.74, 6) is 0.746. The van der Waals surface area contributed by atoms with Gasteiger partial charge in [0.1, 0.15) is 0 Å². The topological polar surface area (TPSA) is 12.0 Å². The van der Waals surface area contributed by atoms with E-state index in [0.717, 1.165) is 28.9 Å². The average Bonchev–Trinajstić information content (AvgIpc) is 2.19. The van der Waals surface area contributed by atoms with Gasteiger partial charge in [-0.1, -0.05) is 36.5 Å². The Morgan fingerprint density at radius 1 is 1.24 bits per heavy atom. The summed E-state index contributed by atoms with van der Waals surface area (Å²) in [5, 5.41) is 5.09. The van der Waals surface area contributed by atoms with Gasteiger partial charge < -0.3 is 5.32 Å². The Morgan fingerprint density at radius 3 is 2.35 bits per heavy atom. The third-order valence-corrected chi connectivity index (χ3v) is 3.92. The molecule has 0 radical (unpaired) electrons. The Balaban J connectivity index is 2.17. The Hall–Kier alpha value is -0.240. The molecule has 1 aromatic carbocycles. The largest absolute Gasteiger partial charge is 0.310 e. The van der Waals surface area contributed by atoms with Crippen LogP contribution < -0.4 is 5.32 Å². The Kier molecular flexibility index (Phi) is 4.72. The van der Waals surface area contributed by atoms with E-state index < -0.39 is 0 Å². The van der Waals surface area contributed by atoms with Gasteiger partial charge in [-0.25, -0.2) is 0 Å². The Morgan fingerprint density at radius 2 is 1.88 bits per heavy atom. The molecule has 1 saturated carbocycles. The predicted molar refractivity (Wildman–Crippen MR) is 74.8 cm³/mol. The van der Waals surface area contributed by atoms with Crippen LogP contribution in [0.3, 0.4) is 0 Å². The van der Waals surface area contributed by atoms with Crippen LogP contribution in [0.1, 0.15) is 44.2 Å². The summed E-state index contributed by atoms with van der Waals surface area (Å²) in [6.45, 7) is 3.24. The number of hydrogen-bond donors (Lipinski definition) is 1. The molecule has 1 atom stereocenters. The van der Waals surface area contributed by atoms with E-state index in [-0.39, 0.29) is 0 Å². The van der Waals surface area contributed by atoms with Crippen molar-refractivity contribution in [1.82, 2.24) is 5.32 Å². The molecular weight excluding hydrogens is 253 g/mol. The molecule has 1 fully saturated rings. The minimum atomic E-state index is 0.417. The molecule has 1 aliphatic rings. The molecule has 1 aromatic rings. The molecule has 0 heterocycles. The first-order chi connectivity index (χ1) is 8.20. The van der Waals surface area contributed by atoms with Crippen molar-refractivity contribution in [1.29, 1.82) is 0 Å². The van der Waals surface area contributed by atoms with Crippen molar-refractivity contribution in [2.45, 2.75) is 38.6 Å². The molecule has 0 amide bonds. The van der Waals surface area contributed by atoms with Crippen LogP contribution in [-0.4, -0.2) is 6.54 Å². The summed E-state index contributed by atoms with van der Waals surface area (Å²) < 4.78 is 0. The third-order valence-electron chi connectivity index (χ3n) is 3.48. The molecule has 2 rings (SSSR count). The summed E-state index contributed by atoms with van der Waals surface area (Å²) in [6, 6.07) is 6.29. The molecule has 0 bridgehead atoms. The maximum absolute atomic E-state index is 6.08. The van der Waals surface area contributed by atoms with Gasteiger partial charge in [-0.2, -0.15) is 0 Å². The van der Waals surface area contributed by atoms with Crippen LogP contribution in [0.4, 0.5) is 0 Å². The second-order valence-corrected chi connectivity index (χ2v) is 5.70. The highest BCUT2D eigenvalue weighted by Gasteiger charge is 2.28. The molecule has 17 heavy (non-hydrogen) atoms. The van der Waals surface area contributed by atoms with E-state index in [1.807, 2.05) is 12.1 Å². The lowest BCUT2D eigenvalue weighted by molar-refractivity contribution is 0.231. The van der Waals surface area contributed by atoms with Crippen molar-refractivity contribution in [2.75, 3.05) is 6.54 Å². The SMILES string of the molecule is CCCNC(c1cc(Cl)cc(Cl)c1)C1CCC1. The van der Waals surface area contributed by atoms with Gasteiger partial charge in [-0.3, -0.25) is 0 Å². The molecule has 1 N–H and O–H groups in total. The fourth-order valence-electron chi connectivity index (χ4n) is 2.38. The van der Waals surface area contributed by atoms with Gasteiger partial charge in [0.05, 0.1) is 0 Å². The van der Waals surface area contributed by atoms with Gasteiger partial charge in [-0.05, 0) is 55.5 Å². The minimum Gasteiger partial charge on any atom is -0.310 e. The number of benzene rings is 1. The van der Waals surface area contributed by atoms with E-state index in [9.17, 15) is 0 Å². The highest BCUT2D eigenvalue weighted by atomic mass is 35.5. The van der Waals surface area contributed by atoms with Crippen LogP contribution in [0.5, 0.6) is 0 Å². The molecule has 1 aliphatic carbocycles. The quantitative estimate of drug-likeness (QED) is 0.809. The first kappa shape index (κ1) is 13.2. The van der Waals surface area contributed by atoms with Crippen molar-refractivity contribution in [3.8, 4) is 0 Å². The molecule has 3 heteroatoms. The van der Waals surface area contributed by atoms with Gasteiger partial charge >= 0.3 is 0 Å². The molecule has 0 aliphatic heterocycles. The average molecular weight is 272 g/mol. The number of rotatable bonds is 5. The zero-order valence-electron chi connectivity index (χ0n) is 10.2. The van der Waals surface area contributed by atoms with Crippen LogP contribution in [-0.2, 0) is 0 Å². The molecule has 0 aromatic heterocycles. The molecule has 94 valence electrons. The number of nitrogens with one attached hydrogen (secondary N) is 1. The monoisotopic (exact) mass is 271 g/mol. The van der Waals surface area contributed by atoms with Gasteiger partial charge in [-0.15, -0.1) is 0 Å². The standard InChI is InChI=1S/C14H19Cl2N/c1-2-6-17-14(10-4-3-5-10)11-7-12(15)9-13(16)8-11/h7-10,14,17H,2-6H2,1H3. The van der Waals surface area contributed by atoms with Crippen molar-refractivity contribution in [3.05, 3.63) is 33.8 Å². The van der Waals surface area contributed by atoms with E-state index in [1.165, 1.54) is 24.8 Å². The van der Waals surface area contributed by atoms with Gasteiger partial charge in [0.25, 0.3) is 0 Å². The summed E-state index contributed by atoms with van der Waals surface area (Å²) in [5.41, 5.74) is 1.24. The maximum Gasteiger partial charge on any atom is 0.0424 e. The molecular formula is C14H19Cl2N. The second kappa shape index (κ2) is 6.08. The third kappa shape index (κ3) is 3.37. The number of halogens is 2. The van der Waals surface area contributed by atoms with Gasteiger partial charge in [0, 0.05) is 16.1 Å². The molecule has 1 nitrogen and oxygen atoms in total. The lowest BCUT2D eigenvalue weighted by atomic mass is 9.77. The molecule has 1 unspecified atom stereocenters. The normalized spacial score (nSPS) is 17.8. The van der Waals surface area contributed by atoms with E-state index in [2.05, 4.69) is 12.2 Å². The predicted octanol–water partition coefficient (Wildman–Crippen LogP) is 4.83. The van der Waals surface area contributed by atoms with Crippen molar-refractivity contribution in [3.63, 3.8) is 0 Å². The van der Waals surface area contributed by atoms with Crippen molar-refractivity contribution < 1.29 is 0 Å². The Bertz CT molecular complexity index is 354. The summed E-state index contributed by atoms with van der Waals surface area (Å²) in [7, 11) is 0. The highest BCUT2D eigenvalue weighted by molar-refractivity contribution is 6.34. The van der Waals surface area contributed by atoms with E-state index >= 15 is 0 Å². The van der Waals surface area contributed by atoms with Crippen LogP contribution in [0.15, 0.2) is 18.2 Å². The zero-order chi connectivity index (χ0) is 12.3. The van der Waals surface area contributed by atoms with Gasteiger partial charge in [0.15, 0.2) is 0 Å². The Labute approximate surface area is 114 Å².